The first kappa shape index (κ1) is 18.1. The van der Waals surface area contributed by atoms with Crippen molar-refractivity contribution in [1.29, 1.82) is 0 Å². The van der Waals surface area contributed by atoms with Gasteiger partial charge in [-0.1, -0.05) is 25.5 Å². The van der Waals surface area contributed by atoms with Gasteiger partial charge in [-0.05, 0) is 42.7 Å². The number of unbranched alkanes of at least 4 members (excludes halogenated alkanes) is 1. The molecule has 0 radical (unpaired) electrons. The maximum atomic E-state index is 12.6. The van der Waals surface area contributed by atoms with Crippen LogP contribution < -0.4 is 14.2 Å². The second-order valence-electron chi connectivity index (χ2n) is 5.42. The molecule has 2 aromatic rings. The molecule has 0 aromatic heterocycles. The molecule has 6 heteroatoms. The first-order chi connectivity index (χ1) is 11.5. The van der Waals surface area contributed by atoms with E-state index in [-0.39, 0.29) is 4.90 Å². The van der Waals surface area contributed by atoms with Crippen molar-refractivity contribution >= 4 is 15.7 Å². The van der Waals surface area contributed by atoms with E-state index in [1.807, 2.05) is 12.1 Å². The molecule has 0 fully saturated rings. The Bertz CT molecular complexity index is 770. The van der Waals surface area contributed by atoms with Gasteiger partial charge in [-0.3, -0.25) is 4.72 Å². The Kier molecular flexibility index (Phi) is 6.09. The van der Waals surface area contributed by atoms with E-state index in [9.17, 15) is 8.42 Å². The van der Waals surface area contributed by atoms with Gasteiger partial charge >= 0.3 is 0 Å². The van der Waals surface area contributed by atoms with E-state index in [4.69, 9.17) is 9.47 Å². The molecule has 0 aliphatic carbocycles. The van der Waals surface area contributed by atoms with Crippen LogP contribution in [-0.4, -0.2) is 22.6 Å². The van der Waals surface area contributed by atoms with Crippen molar-refractivity contribution in [2.75, 3.05) is 18.9 Å². The molecule has 0 amide bonds. The number of ether oxygens (including phenoxy) is 2. The second kappa shape index (κ2) is 8.06. The van der Waals surface area contributed by atoms with Gasteiger partial charge < -0.3 is 9.47 Å². The second-order valence-corrected chi connectivity index (χ2v) is 7.10. The van der Waals surface area contributed by atoms with Gasteiger partial charge in [0.25, 0.3) is 10.0 Å². The van der Waals surface area contributed by atoms with Crippen molar-refractivity contribution in [3.8, 4) is 11.5 Å². The van der Waals surface area contributed by atoms with Crippen LogP contribution in [0.25, 0.3) is 0 Å². The SMILES string of the molecule is CCCCc1ccc(S(=O)(=O)Nc2ccc(OC)cc2OC)cc1. The zero-order valence-corrected chi connectivity index (χ0v) is 15.0. The minimum Gasteiger partial charge on any atom is -0.497 e. The molecule has 2 rings (SSSR count). The smallest absolute Gasteiger partial charge is 0.262 e. The average Bonchev–Trinajstić information content (AvgIpc) is 2.60. The van der Waals surface area contributed by atoms with Crippen LogP contribution in [0.4, 0.5) is 5.69 Å². The van der Waals surface area contributed by atoms with Gasteiger partial charge in [0.15, 0.2) is 0 Å². The highest BCUT2D eigenvalue weighted by Gasteiger charge is 2.17. The maximum Gasteiger partial charge on any atom is 0.262 e. The summed E-state index contributed by atoms with van der Waals surface area (Å²) < 4.78 is 38.0. The van der Waals surface area contributed by atoms with Crippen molar-refractivity contribution in [3.05, 3.63) is 48.0 Å². The van der Waals surface area contributed by atoms with Crippen LogP contribution in [0.15, 0.2) is 47.4 Å². The van der Waals surface area contributed by atoms with Gasteiger partial charge in [-0.25, -0.2) is 8.42 Å². The van der Waals surface area contributed by atoms with Crippen LogP contribution in [0, 0.1) is 0 Å². The predicted molar refractivity (Wildman–Crippen MR) is 95.4 cm³/mol. The summed E-state index contributed by atoms with van der Waals surface area (Å²) in [5, 5.41) is 0. The molecule has 1 N–H and O–H groups in total. The lowest BCUT2D eigenvalue weighted by Crippen LogP contribution is -2.13. The topological polar surface area (TPSA) is 64.6 Å². The highest BCUT2D eigenvalue weighted by molar-refractivity contribution is 7.92. The fraction of sp³-hybridized carbons (Fsp3) is 0.333. The predicted octanol–water partition coefficient (Wildman–Crippen LogP) is 3.85. The number of sulfonamides is 1. The highest BCUT2D eigenvalue weighted by atomic mass is 32.2. The van der Waals surface area contributed by atoms with Gasteiger partial charge in [0.2, 0.25) is 0 Å². The zero-order chi connectivity index (χ0) is 17.6. The fourth-order valence-corrected chi connectivity index (χ4v) is 3.37. The number of benzene rings is 2. The van der Waals surface area contributed by atoms with E-state index < -0.39 is 10.0 Å². The number of hydrogen-bond donors (Lipinski definition) is 1. The third-order valence-electron chi connectivity index (χ3n) is 3.71. The summed E-state index contributed by atoms with van der Waals surface area (Å²) in [4.78, 5) is 0.223. The molecule has 0 spiro atoms. The zero-order valence-electron chi connectivity index (χ0n) is 14.2. The molecule has 5 nitrogen and oxygen atoms in total. The number of methoxy groups -OCH3 is 2. The lowest BCUT2D eigenvalue weighted by Gasteiger charge is -2.13. The third-order valence-corrected chi connectivity index (χ3v) is 5.09. The van der Waals surface area contributed by atoms with Gasteiger partial charge in [-0.2, -0.15) is 0 Å². The molecule has 2 aromatic carbocycles. The number of anilines is 1. The summed E-state index contributed by atoms with van der Waals surface area (Å²) in [6.07, 6.45) is 3.16. The summed E-state index contributed by atoms with van der Waals surface area (Å²) in [6, 6.07) is 11.9. The third kappa shape index (κ3) is 4.41. The first-order valence-electron chi connectivity index (χ1n) is 7.84. The fourth-order valence-electron chi connectivity index (χ4n) is 2.30. The minimum absolute atomic E-state index is 0.223. The number of hydrogen-bond acceptors (Lipinski definition) is 4. The summed E-state index contributed by atoms with van der Waals surface area (Å²) in [6.45, 7) is 2.13. The molecule has 0 unspecified atom stereocenters. The van der Waals surface area contributed by atoms with Gasteiger partial charge in [0.1, 0.15) is 11.5 Å². The van der Waals surface area contributed by atoms with E-state index in [1.165, 1.54) is 7.11 Å². The summed E-state index contributed by atoms with van der Waals surface area (Å²) in [5.74, 6) is 0.993. The Balaban J connectivity index is 2.22. The van der Waals surface area contributed by atoms with Crippen molar-refractivity contribution in [2.45, 2.75) is 31.1 Å². The van der Waals surface area contributed by atoms with Gasteiger partial charge in [-0.15, -0.1) is 0 Å². The molecule has 0 saturated carbocycles. The monoisotopic (exact) mass is 349 g/mol. The molecule has 0 saturated heterocycles. The van der Waals surface area contributed by atoms with Gasteiger partial charge in [0, 0.05) is 6.07 Å². The van der Waals surface area contributed by atoms with Gasteiger partial charge in [0.05, 0.1) is 24.8 Å². The number of aryl methyl sites for hydroxylation is 1. The van der Waals surface area contributed by atoms with Crippen LogP contribution in [0.5, 0.6) is 11.5 Å². The Morgan fingerprint density at radius 2 is 1.71 bits per heavy atom. The van der Waals surface area contributed by atoms with E-state index >= 15 is 0 Å². The molecular weight excluding hydrogens is 326 g/mol. The van der Waals surface area contributed by atoms with Crippen molar-refractivity contribution < 1.29 is 17.9 Å². The quantitative estimate of drug-likeness (QED) is 0.786. The molecular formula is C18H23NO4S. The summed E-state index contributed by atoms with van der Waals surface area (Å²) in [5.41, 5.74) is 1.51. The average molecular weight is 349 g/mol. The number of rotatable bonds is 8. The Hall–Kier alpha value is -2.21. The standard InChI is InChI=1S/C18H23NO4S/c1-4-5-6-14-7-10-16(11-8-14)24(20,21)19-17-12-9-15(22-2)13-18(17)23-3/h7-13,19H,4-6H2,1-3H3. The molecule has 0 aliphatic heterocycles. The summed E-state index contributed by atoms with van der Waals surface area (Å²) in [7, 11) is -0.652. The largest absolute Gasteiger partial charge is 0.497 e. The van der Waals surface area contributed by atoms with E-state index in [0.29, 0.717) is 17.2 Å². The normalized spacial score (nSPS) is 11.1. The van der Waals surface area contributed by atoms with Crippen LogP contribution >= 0.6 is 0 Å². The highest BCUT2D eigenvalue weighted by Crippen LogP contribution is 2.30. The van der Waals surface area contributed by atoms with Crippen molar-refractivity contribution in [2.24, 2.45) is 0 Å². The lowest BCUT2D eigenvalue weighted by molar-refractivity contribution is 0.395. The first-order valence-corrected chi connectivity index (χ1v) is 9.32. The lowest BCUT2D eigenvalue weighted by atomic mass is 10.1. The Morgan fingerprint density at radius 1 is 1.00 bits per heavy atom. The van der Waals surface area contributed by atoms with Crippen LogP contribution in [0.3, 0.4) is 0 Å². The molecule has 0 aliphatic rings. The Labute approximate surface area is 143 Å². The van der Waals surface area contributed by atoms with Crippen molar-refractivity contribution in [1.82, 2.24) is 0 Å². The summed E-state index contributed by atoms with van der Waals surface area (Å²) >= 11 is 0. The maximum absolute atomic E-state index is 12.6. The Morgan fingerprint density at radius 3 is 2.29 bits per heavy atom. The number of nitrogens with one attached hydrogen (secondary N) is 1. The van der Waals surface area contributed by atoms with E-state index in [0.717, 1.165) is 24.8 Å². The molecule has 0 atom stereocenters. The minimum atomic E-state index is -3.67. The molecule has 0 bridgehead atoms. The van der Waals surface area contributed by atoms with Crippen LogP contribution in [-0.2, 0) is 16.4 Å². The van der Waals surface area contributed by atoms with Crippen LogP contribution in [0.2, 0.25) is 0 Å². The molecule has 0 heterocycles. The van der Waals surface area contributed by atoms with Crippen molar-refractivity contribution in [3.63, 3.8) is 0 Å². The van der Waals surface area contributed by atoms with Crippen LogP contribution in [0.1, 0.15) is 25.3 Å². The van der Waals surface area contributed by atoms with E-state index in [2.05, 4.69) is 11.6 Å². The van der Waals surface area contributed by atoms with E-state index in [1.54, 1.807) is 37.4 Å². The molecule has 130 valence electrons. The molecule has 24 heavy (non-hydrogen) atoms.